The van der Waals surface area contributed by atoms with Crippen LogP contribution in [0.15, 0.2) is 36.4 Å². The van der Waals surface area contributed by atoms with Crippen molar-refractivity contribution in [3.8, 4) is 17.0 Å². The lowest BCUT2D eigenvalue weighted by Crippen LogP contribution is -2.53. The van der Waals surface area contributed by atoms with Crippen LogP contribution in [0.2, 0.25) is 0 Å². The monoisotopic (exact) mass is 670 g/mol. The van der Waals surface area contributed by atoms with Crippen LogP contribution >= 0.6 is 0 Å². The van der Waals surface area contributed by atoms with E-state index >= 15 is 0 Å². The van der Waals surface area contributed by atoms with Gasteiger partial charge in [0.05, 0.1) is 18.2 Å². The number of hydrogen-bond donors (Lipinski definition) is 1. The third-order valence-electron chi connectivity index (χ3n) is 12.7. The molecule has 256 valence electrons. The number of fused-ring (bicyclic) bond motifs is 7. The Bertz CT molecular complexity index is 1790. The van der Waals surface area contributed by atoms with Crippen molar-refractivity contribution in [3.05, 3.63) is 53.1 Å². The fourth-order valence-corrected chi connectivity index (χ4v) is 10.8. The highest BCUT2D eigenvalue weighted by atomic mass is 32.2. The minimum atomic E-state index is -1.41. The van der Waals surface area contributed by atoms with E-state index in [0.29, 0.717) is 23.8 Å². The first-order valence-electron chi connectivity index (χ1n) is 18.3. The molecule has 1 N–H and O–H groups in total. The van der Waals surface area contributed by atoms with Gasteiger partial charge in [-0.05, 0) is 112 Å². The van der Waals surface area contributed by atoms with Crippen LogP contribution in [0, 0.1) is 5.41 Å². The van der Waals surface area contributed by atoms with Gasteiger partial charge in [-0.2, -0.15) is 0 Å². The highest BCUT2D eigenvalue weighted by Gasteiger charge is 2.64. The van der Waals surface area contributed by atoms with E-state index < -0.39 is 16.4 Å². The lowest BCUT2D eigenvalue weighted by atomic mass is 9.81. The van der Waals surface area contributed by atoms with Crippen LogP contribution in [-0.2, 0) is 22.3 Å². The van der Waals surface area contributed by atoms with E-state index in [4.69, 9.17) is 4.74 Å². The topological polar surface area (TPSA) is 83.9 Å². The van der Waals surface area contributed by atoms with E-state index in [1.54, 1.807) is 7.11 Å². The largest absolute Gasteiger partial charge is 0.497 e. The second-order valence-electron chi connectivity index (χ2n) is 15.3. The molecule has 3 atom stereocenters. The standard InChI is InChI=1S/C39H50N4O4S/c1-4-21-48(46)40-36(44)27-11-13-30-33(22-27)43-25-39(37(45)42-19-16-38(17-20-42)15-8-18-41(38)2)24-32(39)31-23-28(47-3)12-14-29(31)35(43)34(30)26-9-6-5-7-10-26/h11-14,22-23,26,32H,4-10,15-21,24-25H2,1-3H3,(H,40,44). The summed E-state index contributed by atoms with van der Waals surface area (Å²) in [4.78, 5) is 33.0. The molecule has 2 saturated carbocycles. The molecule has 8 nitrogen and oxygen atoms in total. The zero-order valence-electron chi connectivity index (χ0n) is 28.8. The van der Waals surface area contributed by atoms with Gasteiger partial charge in [-0.25, -0.2) is 4.21 Å². The Balaban J connectivity index is 1.25. The van der Waals surface area contributed by atoms with Crippen LogP contribution < -0.4 is 9.46 Å². The molecule has 2 saturated heterocycles. The number of ether oxygens (including phenoxy) is 1. The molecular weight excluding hydrogens is 621 g/mol. The molecule has 2 aliphatic carbocycles. The molecule has 1 aromatic heterocycles. The molecule has 9 heteroatoms. The molecule has 0 radical (unpaired) electrons. The Morgan fingerprint density at radius 3 is 2.50 bits per heavy atom. The van der Waals surface area contributed by atoms with Crippen LogP contribution in [-0.4, -0.2) is 75.5 Å². The number of likely N-dealkylation sites (tertiary alicyclic amines) is 2. The molecule has 0 bridgehead atoms. The second-order valence-corrected chi connectivity index (χ2v) is 16.6. The summed E-state index contributed by atoms with van der Waals surface area (Å²) in [6.07, 6.45) is 12.1. The number of methoxy groups -OCH3 is 1. The first-order chi connectivity index (χ1) is 23.3. The fourth-order valence-electron chi connectivity index (χ4n) is 9.97. The zero-order valence-corrected chi connectivity index (χ0v) is 29.6. The molecule has 2 amide bonds. The summed E-state index contributed by atoms with van der Waals surface area (Å²) in [6.45, 7) is 5.34. The second kappa shape index (κ2) is 12.3. The number of rotatable bonds is 7. The number of nitrogens with one attached hydrogen (secondary N) is 1. The van der Waals surface area contributed by atoms with Crippen molar-refractivity contribution in [3.63, 3.8) is 0 Å². The molecule has 3 aromatic rings. The molecule has 4 fully saturated rings. The number of amides is 2. The van der Waals surface area contributed by atoms with Crippen molar-refractivity contribution >= 4 is 33.7 Å². The Hall–Kier alpha value is -3.17. The maximum absolute atomic E-state index is 14.9. The first kappa shape index (κ1) is 32.1. The summed E-state index contributed by atoms with van der Waals surface area (Å²) in [7, 11) is 2.57. The van der Waals surface area contributed by atoms with Crippen LogP contribution in [0.3, 0.4) is 0 Å². The van der Waals surface area contributed by atoms with Gasteiger partial charge in [0.25, 0.3) is 5.91 Å². The van der Waals surface area contributed by atoms with E-state index in [0.717, 1.165) is 69.4 Å². The number of hydrogen-bond acceptors (Lipinski definition) is 5. The zero-order chi connectivity index (χ0) is 33.2. The average Bonchev–Trinajstić information content (AvgIpc) is 3.65. The molecule has 2 aromatic carbocycles. The van der Waals surface area contributed by atoms with Crippen LogP contribution in [0.1, 0.15) is 111 Å². The van der Waals surface area contributed by atoms with Crippen LogP contribution in [0.4, 0.5) is 0 Å². The Morgan fingerprint density at radius 2 is 1.79 bits per heavy atom. The predicted octanol–water partition coefficient (Wildman–Crippen LogP) is 6.74. The molecule has 8 rings (SSSR count). The summed E-state index contributed by atoms with van der Waals surface area (Å²) in [5, 5.41) is 1.18. The molecule has 3 unspecified atom stereocenters. The maximum atomic E-state index is 14.9. The smallest absolute Gasteiger partial charge is 0.263 e. The number of nitrogens with zero attached hydrogens (tertiary/aromatic N) is 3. The van der Waals surface area contributed by atoms with Gasteiger partial charge < -0.3 is 19.1 Å². The molecule has 5 aliphatic rings. The molecule has 1 spiro atoms. The fraction of sp³-hybridized carbons (Fsp3) is 0.590. The van der Waals surface area contributed by atoms with Gasteiger partial charge in [0.2, 0.25) is 5.91 Å². The summed E-state index contributed by atoms with van der Waals surface area (Å²) in [6, 6.07) is 12.5. The number of piperidine rings is 1. The molecular formula is C39H50N4O4S. The minimum Gasteiger partial charge on any atom is -0.497 e. The van der Waals surface area contributed by atoms with Gasteiger partial charge in [0, 0.05) is 58.9 Å². The van der Waals surface area contributed by atoms with Gasteiger partial charge in [-0.3, -0.25) is 14.3 Å². The Kier molecular flexibility index (Phi) is 8.22. The number of benzene rings is 2. The number of carbonyl (C=O) groups is 2. The van der Waals surface area contributed by atoms with Crippen LogP contribution in [0.25, 0.3) is 22.2 Å². The summed E-state index contributed by atoms with van der Waals surface area (Å²) < 4.78 is 23.4. The minimum absolute atomic E-state index is 0.122. The van der Waals surface area contributed by atoms with E-state index in [-0.39, 0.29) is 23.3 Å². The first-order valence-corrected chi connectivity index (χ1v) is 19.6. The van der Waals surface area contributed by atoms with Gasteiger partial charge in [-0.15, -0.1) is 0 Å². The van der Waals surface area contributed by atoms with E-state index in [1.807, 2.05) is 19.1 Å². The lowest BCUT2D eigenvalue weighted by molar-refractivity contribution is -0.140. The van der Waals surface area contributed by atoms with Gasteiger partial charge >= 0.3 is 0 Å². The molecule has 3 aliphatic heterocycles. The summed E-state index contributed by atoms with van der Waals surface area (Å²) >= 11 is 0. The highest BCUT2D eigenvalue weighted by Crippen LogP contribution is 2.66. The third kappa shape index (κ3) is 5.13. The predicted molar refractivity (Wildman–Crippen MR) is 191 cm³/mol. The number of aromatic nitrogens is 1. The summed E-state index contributed by atoms with van der Waals surface area (Å²) in [5.41, 5.74) is 6.23. The quantitative estimate of drug-likeness (QED) is 0.301. The van der Waals surface area contributed by atoms with Crippen molar-refractivity contribution in [1.29, 1.82) is 0 Å². The van der Waals surface area contributed by atoms with Gasteiger partial charge in [-0.1, -0.05) is 32.3 Å². The number of carbonyl (C=O) groups excluding carboxylic acids is 2. The van der Waals surface area contributed by atoms with Gasteiger partial charge in [0.1, 0.15) is 16.7 Å². The SMILES string of the molecule is CCCS(=O)NC(=O)c1ccc2c(C3CCCCC3)c3n(c2c1)CC1(C(=O)N2CCC4(CCCN4C)CC2)CC1c1cc(OC)ccc1-3. The summed E-state index contributed by atoms with van der Waals surface area (Å²) in [5.74, 6) is 1.78. The Morgan fingerprint density at radius 1 is 1.00 bits per heavy atom. The molecule has 4 heterocycles. The Labute approximate surface area is 287 Å². The van der Waals surface area contributed by atoms with Crippen molar-refractivity contribution in [2.75, 3.05) is 39.5 Å². The third-order valence-corrected chi connectivity index (χ3v) is 13.9. The van der Waals surface area contributed by atoms with Crippen LogP contribution in [0.5, 0.6) is 5.75 Å². The maximum Gasteiger partial charge on any atom is 0.263 e. The normalized spacial score (nSPS) is 25.6. The van der Waals surface area contributed by atoms with Gasteiger partial charge in [0.15, 0.2) is 0 Å². The average molecular weight is 671 g/mol. The lowest BCUT2D eigenvalue weighted by Gasteiger charge is -2.44. The van der Waals surface area contributed by atoms with Crippen molar-refractivity contribution in [1.82, 2.24) is 19.1 Å². The van der Waals surface area contributed by atoms with E-state index in [2.05, 4.69) is 50.4 Å². The van der Waals surface area contributed by atoms with Crippen molar-refractivity contribution in [2.45, 2.75) is 101 Å². The van der Waals surface area contributed by atoms with E-state index in [9.17, 15) is 13.8 Å². The molecule has 48 heavy (non-hydrogen) atoms. The highest BCUT2D eigenvalue weighted by molar-refractivity contribution is 7.83. The van der Waals surface area contributed by atoms with Crippen molar-refractivity contribution < 1.29 is 18.5 Å². The van der Waals surface area contributed by atoms with Crippen molar-refractivity contribution in [2.24, 2.45) is 5.41 Å². The van der Waals surface area contributed by atoms with E-state index in [1.165, 1.54) is 59.9 Å².